The van der Waals surface area contributed by atoms with Crippen molar-refractivity contribution in [3.63, 3.8) is 0 Å². The Bertz CT molecular complexity index is 178. The summed E-state index contributed by atoms with van der Waals surface area (Å²) >= 11 is 0. The third kappa shape index (κ3) is 6.78. The van der Waals surface area contributed by atoms with Crippen molar-refractivity contribution in [2.45, 2.75) is 96.9 Å². The van der Waals surface area contributed by atoms with Crippen LogP contribution in [0.5, 0.6) is 0 Å². The Morgan fingerprint density at radius 3 is 2.17 bits per heavy atom. The maximum absolute atomic E-state index is 3.67. The Morgan fingerprint density at radius 2 is 1.50 bits per heavy atom. The molecule has 0 aromatic rings. The van der Waals surface area contributed by atoms with Crippen molar-refractivity contribution in [1.29, 1.82) is 0 Å². The van der Waals surface area contributed by atoms with Gasteiger partial charge in [-0.25, -0.2) is 0 Å². The van der Waals surface area contributed by atoms with Crippen molar-refractivity contribution in [1.82, 2.24) is 5.32 Å². The minimum Gasteiger partial charge on any atom is -0.314 e. The summed E-state index contributed by atoms with van der Waals surface area (Å²) in [5, 5.41) is 3.67. The quantitative estimate of drug-likeness (QED) is 0.493. The Morgan fingerprint density at radius 1 is 0.833 bits per heavy atom. The molecule has 1 nitrogen and oxygen atoms in total. The van der Waals surface area contributed by atoms with Gasteiger partial charge in [0.25, 0.3) is 0 Å². The maximum atomic E-state index is 3.67. The fraction of sp³-hybridized carbons (Fsp3) is 1.00. The highest BCUT2D eigenvalue weighted by molar-refractivity contribution is 4.82. The van der Waals surface area contributed by atoms with E-state index < -0.39 is 0 Å². The molecule has 0 aliphatic heterocycles. The highest BCUT2D eigenvalue weighted by Crippen LogP contribution is 2.30. The first-order valence-electron chi connectivity index (χ1n) is 8.61. The van der Waals surface area contributed by atoms with Crippen LogP contribution in [-0.2, 0) is 0 Å². The molecule has 0 aromatic heterocycles. The Labute approximate surface area is 115 Å². The lowest BCUT2D eigenvalue weighted by atomic mass is 9.95. The standard InChI is InChI=1S/C17H35N/c1-3-5-6-7-8-9-10-11-13-16-14-12-15-17(16)18-4-2/h16-18H,3-15H2,1-2H3. The molecular weight excluding hydrogens is 218 g/mol. The van der Waals surface area contributed by atoms with Gasteiger partial charge < -0.3 is 5.32 Å². The molecule has 1 fully saturated rings. The highest BCUT2D eigenvalue weighted by Gasteiger charge is 2.25. The number of unbranched alkanes of at least 4 members (excludes halogenated alkanes) is 7. The highest BCUT2D eigenvalue weighted by atomic mass is 14.9. The molecule has 0 bridgehead atoms. The van der Waals surface area contributed by atoms with E-state index >= 15 is 0 Å². The lowest BCUT2D eigenvalue weighted by molar-refractivity contribution is 0.370. The SMILES string of the molecule is CCCCCCCCCCC1CCCC1NCC. The van der Waals surface area contributed by atoms with Crippen LogP contribution in [0.2, 0.25) is 0 Å². The van der Waals surface area contributed by atoms with E-state index in [1.807, 2.05) is 0 Å². The zero-order valence-electron chi connectivity index (χ0n) is 12.8. The summed E-state index contributed by atoms with van der Waals surface area (Å²) in [5.74, 6) is 0.991. The van der Waals surface area contributed by atoms with E-state index in [0.29, 0.717) is 0 Å². The van der Waals surface area contributed by atoms with Crippen LogP contribution in [-0.4, -0.2) is 12.6 Å². The van der Waals surface area contributed by atoms with Gasteiger partial charge in [-0.2, -0.15) is 0 Å². The number of rotatable bonds is 11. The molecule has 1 aliphatic rings. The van der Waals surface area contributed by atoms with E-state index in [2.05, 4.69) is 19.2 Å². The van der Waals surface area contributed by atoms with E-state index in [-0.39, 0.29) is 0 Å². The van der Waals surface area contributed by atoms with Crippen molar-refractivity contribution in [2.75, 3.05) is 6.54 Å². The first-order valence-corrected chi connectivity index (χ1v) is 8.61. The van der Waals surface area contributed by atoms with E-state index in [4.69, 9.17) is 0 Å². The summed E-state index contributed by atoms with van der Waals surface area (Å²) < 4.78 is 0. The minimum atomic E-state index is 0.847. The Hall–Kier alpha value is -0.0400. The average Bonchev–Trinajstić information content (AvgIpc) is 2.81. The number of nitrogens with one attached hydrogen (secondary N) is 1. The zero-order valence-corrected chi connectivity index (χ0v) is 12.8. The molecule has 2 unspecified atom stereocenters. The topological polar surface area (TPSA) is 12.0 Å². The van der Waals surface area contributed by atoms with Crippen LogP contribution in [0, 0.1) is 5.92 Å². The fourth-order valence-corrected chi connectivity index (χ4v) is 3.45. The van der Waals surface area contributed by atoms with Gasteiger partial charge in [0, 0.05) is 6.04 Å². The van der Waals surface area contributed by atoms with E-state index in [0.717, 1.165) is 18.5 Å². The average molecular weight is 253 g/mol. The first kappa shape index (κ1) is 16.0. The second-order valence-electron chi connectivity index (χ2n) is 6.12. The minimum absolute atomic E-state index is 0.847. The molecule has 0 amide bonds. The zero-order chi connectivity index (χ0) is 13.1. The largest absolute Gasteiger partial charge is 0.314 e. The fourth-order valence-electron chi connectivity index (χ4n) is 3.45. The molecule has 0 spiro atoms. The molecule has 0 radical (unpaired) electrons. The lowest BCUT2D eigenvalue weighted by Gasteiger charge is -2.20. The van der Waals surface area contributed by atoms with E-state index in [9.17, 15) is 0 Å². The van der Waals surface area contributed by atoms with Gasteiger partial charge in [0.15, 0.2) is 0 Å². The molecule has 1 heteroatoms. The maximum Gasteiger partial charge on any atom is 0.00952 e. The second-order valence-corrected chi connectivity index (χ2v) is 6.12. The van der Waals surface area contributed by atoms with Crippen LogP contribution in [0.3, 0.4) is 0 Å². The van der Waals surface area contributed by atoms with E-state index in [1.54, 1.807) is 0 Å². The normalized spacial score (nSPS) is 23.7. The molecule has 1 saturated carbocycles. The van der Waals surface area contributed by atoms with Gasteiger partial charge in [0.1, 0.15) is 0 Å². The molecule has 18 heavy (non-hydrogen) atoms. The first-order chi connectivity index (χ1) is 8.88. The second kappa shape index (κ2) is 10.8. The van der Waals surface area contributed by atoms with Crippen molar-refractivity contribution >= 4 is 0 Å². The molecule has 0 aromatic carbocycles. The summed E-state index contributed by atoms with van der Waals surface area (Å²) in [7, 11) is 0. The molecule has 1 aliphatic carbocycles. The van der Waals surface area contributed by atoms with Gasteiger partial charge in [-0.15, -0.1) is 0 Å². The summed E-state index contributed by atoms with van der Waals surface area (Å²) in [6, 6.07) is 0.847. The summed E-state index contributed by atoms with van der Waals surface area (Å²) in [4.78, 5) is 0. The smallest absolute Gasteiger partial charge is 0.00952 e. The molecular formula is C17H35N. The molecule has 108 valence electrons. The molecule has 1 rings (SSSR count). The number of hydrogen-bond donors (Lipinski definition) is 1. The van der Waals surface area contributed by atoms with Crippen molar-refractivity contribution in [3.8, 4) is 0 Å². The Kier molecular flexibility index (Phi) is 9.65. The van der Waals surface area contributed by atoms with Crippen molar-refractivity contribution < 1.29 is 0 Å². The third-order valence-electron chi connectivity index (χ3n) is 4.55. The summed E-state index contributed by atoms with van der Waals surface area (Å²) in [6.45, 7) is 5.69. The van der Waals surface area contributed by atoms with Crippen LogP contribution in [0.15, 0.2) is 0 Å². The molecule has 2 atom stereocenters. The van der Waals surface area contributed by atoms with Crippen LogP contribution in [0.1, 0.15) is 90.9 Å². The lowest BCUT2D eigenvalue weighted by Crippen LogP contribution is -2.32. The van der Waals surface area contributed by atoms with Gasteiger partial charge in [-0.05, 0) is 31.7 Å². The molecule has 0 saturated heterocycles. The van der Waals surface area contributed by atoms with E-state index in [1.165, 1.54) is 77.0 Å². The van der Waals surface area contributed by atoms with Gasteiger partial charge in [0.05, 0.1) is 0 Å². The van der Waals surface area contributed by atoms with Gasteiger partial charge in [0.2, 0.25) is 0 Å². The van der Waals surface area contributed by atoms with Gasteiger partial charge in [-0.1, -0.05) is 71.6 Å². The predicted molar refractivity (Wildman–Crippen MR) is 82.0 cm³/mol. The number of hydrogen-bond acceptors (Lipinski definition) is 1. The molecule has 1 N–H and O–H groups in total. The third-order valence-corrected chi connectivity index (χ3v) is 4.55. The predicted octanol–water partition coefficient (Wildman–Crippen LogP) is 5.30. The van der Waals surface area contributed by atoms with Gasteiger partial charge >= 0.3 is 0 Å². The van der Waals surface area contributed by atoms with Crippen LogP contribution >= 0.6 is 0 Å². The summed E-state index contributed by atoms with van der Waals surface area (Å²) in [6.07, 6.45) is 17.5. The van der Waals surface area contributed by atoms with Crippen LogP contribution < -0.4 is 5.32 Å². The monoisotopic (exact) mass is 253 g/mol. The van der Waals surface area contributed by atoms with Crippen LogP contribution in [0.25, 0.3) is 0 Å². The van der Waals surface area contributed by atoms with Crippen molar-refractivity contribution in [3.05, 3.63) is 0 Å². The van der Waals surface area contributed by atoms with Gasteiger partial charge in [-0.3, -0.25) is 0 Å². The van der Waals surface area contributed by atoms with Crippen molar-refractivity contribution in [2.24, 2.45) is 5.92 Å². The molecule has 0 heterocycles. The van der Waals surface area contributed by atoms with Crippen LogP contribution in [0.4, 0.5) is 0 Å². The summed E-state index contributed by atoms with van der Waals surface area (Å²) in [5.41, 5.74) is 0. The Balaban J connectivity index is 1.91.